The molecule has 1 rings (SSSR count). The zero-order chi connectivity index (χ0) is 34.8. The molecule has 0 unspecified atom stereocenters. The lowest BCUT2D eigenvalue weighted by Gasteiger charge is -2.12. The Kier molecular flexibility index (Phi) is 31.0. The van der Waals surface area contributed by atoms with Crippen LogP contribution >= 0.6 is 0 Å². The van der Waals surface area contributed by atoms with E-state index >= 15 is 0 Å². The van der Waals surface area contributed by atoms with Gasteiger partial charge in [0.1, 0.15) is 0 Å². The van der Waals surface area contributed by atoms with Crippen LogP contribution in [0.3, 0.4) is 0 Å². The number of rotatable bonds is 35. The summed E-state index contributed by atoms with van der Waals surface area (Å²) in [4.78, 5) is 26.4. The first kappa shape index (κ1) is 44.2. The minimum atomic E-state index is -0.0420. The second kappa shape index (κ2) is 33.6. The number of nitrogens with one attached hydrogen (secondary N) is 2. The van der Waals surface area contributed by atoms with Gasteiger partial charge in [-0.15, -0.1) is 0 Å². The summed E-state index contributed by atoms with van der Waals surface area (Å²) in [6.45, 7) is 8.22. The molecule has 0 saturated carbocycles. The van der Waals surface area contributed by atoms with E-state index in [0.29, 0.717) is 24.2 Å². The van der Waals surface area contributed by atoms with Gasteiger partial charge in [-0.1, -0.05) is 194 Å². The zero-order valence-corrected chi connectivity index (χ0v) is 32.4. The molecule has 2 amide bonds. The maximum atomic E-state index is 13.2. The average Bonchev–Trinajstić information content (AvgIpc) is 3.10. The molecule has 0 aliphatic heterocycles. The monoisotopic (exact) mass is 669 g/mol. The van der Waals surface area contributed by atoms with Gasteiger partial charge in [-0.2, -0.15) is 0 Å². The number of aryl methyl sites for hydroxylation is 1. The fourth-order valence-electron chi connectivity index (χ4n) is 6.75. The quantitative estimate of drug-likeness (QED) is 0.0707. The van der Waals surface area contributed by atoms with Crippen LogP contribution in [0, 0.1) is 0 Å². The standard InChI is InChI=1S/C44H80N2O2/c1-4-7-10-13-16-19-22-25-28-31-34-40-37-41(43(47)45-35-32-29-26-23-20-17-14-11-8-5-2)39-42(38-40)44(48)46-36-33-30-27-24-21-18-15-12-9-6-3/h37-39H,4-36H2,1-3H3,(H,45,47)(H,46,48). The Morgan fingerprint density at radius 2 is 0.646 bits per heavy atom. The van der Waals surface area contributed by atoms with Crippen LogP contribution in [0.25, 0.3) is 0 Å². The summed E-state index contributed by atoms with van der Waals surface area (Å²) in [6.07, 6.45) is 39.8. The van der Waals surface area contributed by atoms with Crippen LogP contribution in [0.2, 0.25) is 0 Å². The van der Waals surface area contributed by atoms with Gasteiger partial charge in [0.15, 0.2) is 0 Å². The molecule has 0 aliphatic carbocycles. The van der Waals surface area contributed by atoms with E-state index in [0.717, 1.165) is 31.2 Å². The van der Waals surface area contributed by atoms with Gasteiger partial charge in [0, 0.05) is 24.2 Å². The number of benzene rings is 1. The molecule has 0 aliphatic rings. The maximum Gasteiger partial charge on any atom is 0.251 e. The molecule has 4 nitrogen and oxygen atoms in total. The van der Waals surface area contributed by atoms with Gasteiger partial charge < -0.3 is 10.6 Å². The lowest BCUT2D eigenvalue weighted by Crippen LogP contribution is -2.27. The van der Waals surface area contributed by atoms with E-state index in [1.807, 2.05) is 18.2 Å². The van der Waals surface area contributed by atoms with Gasteiger partial charge in [0.2, 0.25) is 0 Å². The molecule has 2 N–H and O–H groups in total. The molecule has 4 heteroatoms. The molecule has 0 saturated heterocycles. The summed E-state index contributed by atoms with van der Waals surface area (Å²) in [5.41, 5.74) is 2.39. The Balaban J connectivity index is 2.49. The van der Waals surface area contributed by atoms with Gasteiger partial charge in [-0.05, 0) is 49.4 Å². The molecule has 278 valence electrons. The van der Waals surface area contributed by atoms with E-state index in [9.17, 15) is 9.59 Å². The number of carbonyl (C=O) groups is 2. The lowest BCUT2D eigenvalue weighted by molar-refractivity contribution is 0.0952. The molecule has 0 atom stereocenters. The first-order chi connectivity index (χ1) is 23.6. The van der Waals surface area contributed by atoms with Crippen molar-refractivity contribution in [3.05, 3.63) is 34.9 Å². The molecular formula is C44H80N2O2. The van der Waals surface area contributed by atoms with Gasteiger partial charge in [-0.25, -0.2) is 0 Å². The molecule has 0 spiro atoms. The highest BCUT2D eigenvalue weighted by Gasteiger charge is 2.13. The first-order valence-corrected chi connectivity index (χ1v) is 21.3. The van der Waals surface area contributed by atoms with Gasteiger partial charge in [-0.3, -0.25) is 9.59 Å². The summed E-state index contributed by atoms with van der Waals surface area (Å²) >= 11 is 0. The van der Waals surface area contributed by atoms with Crippen LogP contribution in [0.1, 0.15) is 240 Å². The zero-order valence-electron chi connectivity index (χ0n) is 32.4. The SMILES string of the molecule is CCCCCCCCCCCCNC(=O)c1cc(CCCCCCCCCCCC)cc(C(=O)NCCCCCCCCCCCC)c1. The van der Waals surface area contributed by atoms with Crippen LogP contribution in [0.15, 0.2) is 18.2 Å². The van der Waals surface area contributed by atoms with Crippen molar-refractivity contribution in [3.63, 3.8) is 0 Å². The van der Waals surface area contributed by atoms with Gasteiger partial charge >= 0.3 is 0 Å². The third-order valence-electron chi connectivity index (χ3n) is 9.97. The molecule has 1 aromatic carbocycles. The van der Waals surface area contributed by atoms with Crippen LogP contribution in [0.5, 0.6) is 0 Å². The first-order valence-electron chi connectivity index (χ1n) is 21.3. The fourth-order valence-corrected chi connectivity index (χ4v) is 6.75. The smallest absolute Gasteiger partial charge is 0.251 e. The number of unbranched alkanes of at least 4 members (excludes halogenated alkanes) is 27. The summed E-state index contributed by atoms with van der Waals surface area (Å²) in [7, 11) is 0. The summed E-state index contributed by atoms with van der Waals surface area (Å²) in [5.74, 6) is -0.0841. The van der Waals surface area contributed by atoms with Gasteiger partial charge in [0.05, 0.1) is 0 Å². The maximum absolute atomic E-state index is 13.2. The van der Waals surface area contributed by atoms with Crippen LogP contribution in [0.4, 0.5) is 0 Å². The number of carbonyl (C=O) groups excluding carboxylic acids is 2. The van der Waals surface area contributed by atoms with Crippen molar-refractivity contribution in [2.75, 3.05) is 13.1 Å². The summed E-state index contributed by atoms with van der Waals surface area (Å²) in [6, 6.07) is 5.87. The number of hydrogen-bond donors (Lipinski definition) is 2. The Morgan fingerprint density at radius 1 is 0.375 bits per heavy atom. The third kappa shape index (κ3) is 26.1. The normalized spacial score (nSPS) is 11.2. The Hall–Kier alpha value is -1.84. The summed E-state index contributed by atoms with van der Waals surface area (Å²) in [5, 5.41) is 6.29. The van der Waals surface area contributed by atoms with E-state index in [1.165, 1.54) is 173 Å². The minimum Gasteiger partial charge on any atom is -0.352 e. The van der Waals surface area contributed by atoms with E-state index in [-0.39, 0.29) is 11.8 Å². The molecule has 0 bridgehead atoms. The predicted molar refractivity (Wildman–Crippen MR) is 210 cm³/mol. The molecule has 0 aromatic heterocycles. The topological polar surface area (TPSA) is 58.2 Å². The van der Waals surface area contributed by atoms with E-state index < -0.39 is 0 Å². The van der Waals surface area contributed by atoms with Crippen molar-refractivity contribution in [3.8, 4) is 0 Å². The van der Waals surface area contributed by atoms with Crippen LogP contribution < -0.4 is 10.6 Å². The molecule has 0 fully saturated rings. The third-order valence-corrected chi connectivity index (χ3v) is 9.97. The van der Waals surface area contributed by atoms with Crippen molar-refractivity contribution in [1.29, 1.82) is 0 Å². The Morgan fingerprint density at radius 3 is 0.958 bits per heavy atom. The Bertz CT molecular complexity index is 826. The Labute approximate surface area is 299 Å². The van der Waals surface area contributed by atoms with Crippen molar-refractivity contribution in [2.45, 2.75) is 220 Å². The van der Waals surface area contributed by atoms with E-state index in [4.69, 9.17) is 0 Å². The molecule has 0 heterocycles. The molecular weight excluding hydrogens is 588 g/mol. The predicted octanol–water partition coefficient (Wildman–Crippen LogP) is 13.5. The highest BCUT2D eigenvalue weighted by atomic mass is 16.2. The van der Waals surface area contributed by atoms with Crippen molar-refractivity contribution in [1.82, 2.24) is 10.6 Å². The van der Waals surface area contributed by atoms with Crippen molar-refractivity contribution >= 4 is 11.8 Å². The average molecular weight is 669 g/mol. The highest BCUT2D eigenvalue weighted by molar-refractivity contribution is 6.00. The molecule has 48 heavy (non-hydrogen) atoms. The van der Waals surface area contributed by atoms with Crippen LogP contribution in [-0.4, -0.2) is 24.9 Å². The fraction of sp³-hybridized carbons (Fsp3) is 0.818. The lowest BCUT2D eigenvalue weighted by atomic mass is 9.99. The summed E-state index contributed by atoms with van der Waals surface area (Å²) < 4.78 is 0. The van der Waals surface area contributed by atoms with Gasteiger partial charge in [0.25, 0.3) is 11.8 Å². The number of amides is 2. The second-order valence-corrected chi connectivity index (χ2v) is 14.7. The highest BCUT2D eigenvalue weighted by Crippen LogP contribution is 2.17. The van der Waals surface area contributed by atoms with Crippen LogP contribution in [-0.2, 0) is 6.42 Å². The minimum absolute atomic E-state index is 0.0420. The largest absolute Gasteiger partial charge is 0.352 e. The van der Waals surface area contributed by atoms with E-state index in [1.54, 1.807) is 0 Å². The van der Waals surface area contributed by atoms with Crippen molar-refractivity contribution < 1.29 is 9.59 Å². The second-order valence-electron chi connectivity index (χ2n) is 14.7. The molecule has 0 radical (unpaired) electrons. The number of hydrogen-bond acceptors (Lipinski definition) is 2. The molecule has 1 aromatic rings. The van der Waals surface area contributed by atoms with Crippen molar-refractivity contribution in [2.24, 2.45) is 0 Å². The van der Waals surface area contributed by atoms with E-state index in [2.05, 4.69) is 31.4 Å².